The molecule has 1 N–H and O–H groups in total. The molecule has 1 aliphatic carbocycles. The number of hydrogen-bond donors (Lipinski definition) is 1. The normalized spacial score (nSPS) is 25.8. The summed E-state index contributed by atoms with van der Waals surface area (Å²) >= 11 is 0. The van der Waals surface area contributed by atoms with Crippen molar-refractivity contribution >= 4 is 0 Å². The first-order valence-electron chi connectivity index (χ1n) is 6.56. The van der Waals surface area contributed by atoms with Gasteiger partial charge < -0.3 is 14.7 Å². The molecule has 0 radical (unpaired) electrons. The van der Waals surface area contributed by atoms with Gasteiger partial charge in [0.1, 0.15) is 11.4 Å². The van der Waals surface area contributed by atoms with Gasteiger partial charge in [0, 0.05) is 13.0 Å². The Bertz CT molecular complexity index is 501. The topological polar surface area (TPSA) is 32.7 Å². The monoisotopic (exact) mass is 259 g/mol. The fourth-order valence-corrected chi connectivity index (χ4v) is 2.54. The number of rotatable bonds is 4. The molecule has 1 aromatic rings. The summed E-state index contributed by atoms with van der Waals surface area (Å²) in [6.07, 6.45) is 1.41. The van der Waals surface area contributed by atoms with Crippen LogP contribution in [0.1, 0.15) is 18.4 Å². The lowest BCUT2D eigenvalue weighted by molar-refractivity contribution is -0.0199. The Balaban J connectivity index is 2.35. The Hall–Kier alpha value is -1.50. The maximum Gasteiger partial charge on any atom is 0.119 e. The number of benzene rings is 1. The third-order valence-corrected chi connectivity index (χ3v) is 3.60. The summed E-state index contributed by atoms with van der Waals surface area (Å²) < 4.78 is 5.25. The van der Waals surface area contributed by atoms with Crippen LogP contribution in [-0.2, 0) is 5.60 Å². The van der Waals surface area contributed by atoms with Crippen molar-refractivity contribution in [1.29, 1.82) is 0 Å². The zero-order chi connectivity index (χ0) is 13.9. The van der Waals surface area contributed by atoms with Gasteiger partial charge in [0.15, 0.2) is 0 Å². The summed E-state index contributed by atoms with van der Waals surface area (Å²) in [4.78, 5) is 2.07. The van der Waals surface area contributed by atoms with Gasteiger partial charge in [-0.05, 0) is 38.2 Å². The molecule has 0 heterocycles. The summed E-state index contributed by atoms with van der Waals surface area (Å²) in [6.45, 7) is 0.751. The third kappa shape index (κ3) is 2.91. The van der Waals surface area contributed by atoms with E-state index in [0.29, 0.717) is 6.42 Å². The summed E-state index contributed by atoms with van der Waals surface area (Å²) in [5, 5.41) is 11.1. The van der Waals surface area contributed by atoms with Crippen molar-refractivity contribution in [1.82, 2.24) is 4.90 Å². The average molecular weight is 259 g/mol. The lowest BCUT2D eigenvalue weighted by atomic mass is 9.75. The summed E-state index contributed by atoms with van der Waals surface area (Å²) in [5.41, 5.74) is 0.0112. The zero-order valence-corrected chi connectivity index (χ0v) is 11.8. The second-order valence-electron chi connectivity index (χ2n) is 5.29. The van der Waals surface area contributed by atoms with Crippen LogP contribution in [0.25, 0.3) is 0 Å². The van der Waals surface area contributed by atoms with Crippen molar-refractivity contribution in [3.8, 4) is 17.6 Å². The van der Waals surface area contributed by atoms with E-state index in [4.69, 9.17) is 4.74 Å². The second-order valence-corrected chi connectivity index (χ2v) is 5.29. The number of hydrogen-bond acceptors (Lipinski definition) is 3. The first kappa shape index (κ1) is 13.9. The summed E-state index contributed by atoms with van der Waals surface area (Å²) in [6, 6.07) is 7.68. The van der Waals surface area contributed by atoms with Gasteiger partial charge in [-0.25, -0.2) is 0 Å². The fraction of sp³-hybridized carbons (Fsp3) is 0.500. The number of aliphatic hydroxyl groups is 1. The molecule has 0 fully saturated rings. The van der Waals surface area contributed by atoms with E-state index in [9.17, 15) is 5.11 Å². The van der Waals surface area contributed by atoms with Crippen LogP contribution in [0.4, 0.5) is 0 Å². The number of ether oxygens (including phenoxy) is 1. The Labute approximate surface area is 115 Å². The van der Waals surface area contributed by atoms with Crippen molar-refractivity contribution in [2.45, 2.75) is 18.4 Å². The zero-order valence-electron chi connectivity index (χ0n) is 11.8. The van der Waals surface area contributed by atoms with E-state index in [0.717, 1.165) is 24.3 Å². The Morgan fingerprint density at radius 2 is 2.26 bits per heavy atom. The van der Waals surface area contributed by atoms with Crippen molar-refractivity contribution in [3.05, 3.63) is 29.8 Å². The van der Waals surface area contributed by atoms with Crippen LogP contribution in [0.15, 0.2) is 24.3 Å². The van der Waals surface area contributed by atoms with E-state index >= 15 is 0 Å². The molecule has 3 nitrogen and oxygen atoms in total. The SMILES string of the molecule is COc1cccc(C2(O)CCC#CC2CN(C)C)c1. The van der Waals surface area contributed by atoms with E-state index in [2.05, 4.69) is 16.7 Å². The van der Waals surface area contributed by atoms with Gasteiger partial charge in [0.25, 0.3) is 0 Å². The highest BCUT2D eigenvalue weighted by atomic mass is 16.5. The fourth-order valence-electron chi connectivity index (χ4n) is 2.54. The first-order chi connectivity index (χ1) is 9.06. The highest BCUT2D eigenvalue weighted by Gasteiger charge is 2.39. The van der Waals surface area contributed by atoms with Gasteiger partial charge in [-0.3, -0.25) is 0 Å². The van der Waals surface area contributed by atoms with E-state index in [1.165, 1.54) is 0 Å². The van der Waals surface area contributed by atoms with Gasteiger partial charge >= 0.3 is 0 Å². The van der Waals surface area contributed by atoms with Gasteiger partial charge in [0.05, 0.1) is 13.0 Å². The van der Waals surface area contributed by atoms with Crippen LogP contribution >= 0.6 is 0 Å². The molecule has 0 saturated carbocycles. The molecule has 0 spiro atoms. The maximum absolute atomic E-state index is 11.1. The van der Waals surface area contributed by atoms with E-state index in [1.54, 1.807) is 7.11 Å². The van der Waals surface area contributed by atoms with Crippen LogP contribution in [0.3, 0.4) is 0 Å². The molecule has 0 amide bonds. The molecule has 0 bridgehead atoms. The van der Waals surface area contributed by atoms with Crippen LogP contribution in [-0.4, -0.2) is 37.8 Å². The van der Waals surface area contributed by atoms with Crippen molar-refractivity contribution in [2.24, 2.45) is 5.92 Å². The largest absolute Gasteiger partial charge is 0.497 e. The molecule has 1 aromatic carbocycles. The molecule has 2 atom stereocenters. The minimum Gasteiger partial charge on any atom is -0.497 e. The lowest BCUT2D eigenvalue weighted by Gasteiger charge is -2.37. The van der Waals surface area contributed by atoms with Gasteiger partial charge in [-0.15, -0.1) is 5.92 Å². The summed E-state index contributed by atoms with van der Waals surface area (Å²) in [5.74, 6) is 7.03. The maximum atomic E-state index is 11.1. The summed E-state index contributed by atoms with van der Waals surface area (Å²) in [7, 11) is 5.64. The van der Waals surface area contributed by atoms with Crippen LogP contribution in [0.2, 0.25) is 0 Å². The highest BCUT2D eigenvalue weighted by molar-refractivity contribution is 5.35. The van der Waals surface area contributed by atoms with E-state index in [1.807, 2.05) is 38.4 Å². The van der Waals surface area contributed by atoms with Crippen molar-refractivity contribution in [3.63, 3.8) is 0 Å². The highest BCUT2D eigenvalue weighted by Crippen LogP contribution is 2.37. The Morgan fingerprint density at radius 3 is 2.95 bits per heavy atom. The van der Waals surface area contributed by atoms with E-state index in [-0.39, 0.29) is 5.92 Å². The standard InChI is InChI=1S/C16H21NO2/c1-17(2)12-14-7-4-5-10-16(14,18)13-8-6-9-15(11-13)19-3/h6,8-9,11,14,18H,5,10,12H2,1-3H3. The molecule has 0 saturated heterocycles. The lowest BCUT2D eigenvalue weighted by Crippen LogP contribution is -2.41. The minimum atomic E-state index is -0.885. The molecular weight excluding hydrogens is 238 g/mol. The molecule has 1 aliphatic rings. The first-order valence-corrected chi connectivity index (χ1v) is 6.56. The quantitative estimate of drug-likeness (QED) is 0.838. The van der Waals surface area contributed by atoms with Crippen LogP contribution in [0, 0.1) is 17.8 Å². The molecule has 2 rings (SSSR count). The smallest absolute Gasteiger partial charge is 0.119 e. The van der Waals surface area contributed by atoms with Crippen LogP contribution < -0.4 is 4.74 Å². The van der Waals surface area contributed by atoms with Gasteiger partial charge in [-0.1, -0.05) is 18.1 Å². The number of nitrogens with zero attached hydrogens (tertiary/aromatic N) is 1. The second kappa shape index (κ2) is 5.64. The molecule has 102 valence electrons. The molecular formula is C16H21NO2. The predicted octanol–water partition coefficient (Wildman–Crippen LogP) is 1.86. The van der Waals surface area contributed by atoms with E-state index < -0.39 is 5.60 Å². The molecule has 19 heavy (non-hydrogen) atoms. The van der Waals surface area contributed by atoms with Crippen molar-refractivity contribution in [2.75, 3.05) is 27.7 Å². The minimum absolute atomic E-state index is 0.0663. The molecule has 0 aliphatic heterocycles. The third-order valence-electron chi connectivity index (χ3n) is 3.60. The predicted molar refractivity (Wildman–Crippen MR) is 75.9 cm³/mol. The Morgan fingerprint density at radius 1 is 1.47 bits per heavy atom. The molecule has 0 aromatic heterocycles. The number of methoxy groups -OCH3 is 1. The molecule has 2 unspecified atom stereocenters. The van der Waals surface area contributed by atoms with Crippen LogP contribution in [0.5, 0.6) is 5.75 Å². The molecule has 3 heteroatoms. The van der Waals surface area contributed by atoms with Crippen molar-refractivity contribution < 1.29 is 9.84 Å². The van der Waals surface area contributed by atoms with Gasteiger partial charge in [-0.2, -0.15) is 0 Å². The average Bonchev–Trinajstić information content (AvgIpc) is 2.41. The Kier molecular flexibility index (Phi) is 4.14. The van der Waals surface area contributed by atoms with Gasteiger partial charge in [0.2, 0.25) is 0 Å².